The van der Waals surface area contributed by atoms with Gasteiger partial charge in [-0.05, 0) is 37.4 Å². The summed E-state index contributed by atoms with van der Waals surface area (Å²) in [6, 6.07) is 9.08. The Balaban J connectivity index is 2.48. The highest BCUT2D eigenvalue weighted by molar-refractivity contribution is 7.93. The van der Waals surface area contributed by atoms with E-state index in [9.17, 15) is 8.42 Å². The molecule has 0 aliphatic carbocycles. The highest BCUT2D eigenvalue weighted by Gasteiger charge is 2.26. The van der Waals surface area contributed by atoms with E-state index < -0.39 is 10.0 Å². The molecule has 1 heterocycles. The molecule has 20 heavy (non-hydrogen) atoms. The van der Waals surface area contributed by atoms with Crippen molar-refractivity contribution in [3.8, 4) is 0 Å². The molecule has 0 bridgehead atoms. The first-order valence-corrected chi connectivity index (χ1v) is 9.08. The lowest BCUT2D eigenvalue weighted by Gasteiger charge is -2.23. The van der Waals surface area contributed by atoms with Gasteiger partial charge in [-0.3, -0.25) is 4.31 Å². The van der Waals surface area contributed by atoms with Crippen LogP contribution in [0.2, 0.25) is 0 Å². The normalized spacial score (nSPS) is 11.6. The number of sulfonamides is 1. The van der Waals surface area contributed by atoms with Gasteiger partial charge in [0, 0.05) is 11.4 Å². The molecule has 6 heteroatoms. The van der Waals surface area contributed by atoms with E-state index in [4.69, 9.17) is 11.6 Å². The quantitative estimate of drug-likeness (QED) is 0.777. The van der Waals surface area contributed by atoms with E-state index in [-0.39, 0.29) is 5.88 Å². The first-order chi connectivity index (χ1) is 9.50. The van der Waals surface area contributed by atoms with Crippen molar-refractivity contribution in [2.24, 2.45) is 0 Å². The van der Waals surface area contributed by atoms with Gasteiger partial charge in [0.25, 0.3) is 10.0 Å². The number of anilines is 1. The van der Waals surface area contributed by atoms with Crippen LogP contribution in [-0.4, -0.2) is 15.0 Å². The van der Waals surface area contributed by atoms with E-state index in [1.165, 1.54) is 15.6 Å². The summed E-state index contributed by atoms with van der Waals surface area (Å²) >= 11 is 7.19. The molecule has 2 rings (SSSR count). The largest absolute Gasteiger partial charge is 0.267 e. The topological polar surface area (TPSA) is 37.4 Å². The number of alkyl halides is 1. The summed E-state index contributed by atoms with van der Waals surface area (Å²) in [6.45, 7) is 4.17. The molecule has 0 unspecified atom stereocenters. The van der Waals surface area contributed by atoms with Crippen molar-refractivity contribution in [1.82, 2.24) is 0 Å². The van der Waals surface area contributed by atoms with Crippen LogP contribution in [0.25, 0.3) is 0 Å². The van der Waals surface area contributed by atoms with Crippen LogP contribution in [0.3, 0.4) is 0 Å². The Labute approximate surface area is 128 Å². The Bertz CT molecular complexity index is 677. The zero-order valence-electron chi connectivity index (χ0n) is 11.3. The third kappa shape index (κ3) is 2.85. The fraction of sp³-hybridized carbons (Fsp3) is 0.286. The molecule has 1 aromatic carbocycles. The molecule has 1 aromatic heterocycles. The monoisotopic (exact) mass is 329 g/mol. The molecule has 0 radical (unpaired) electrons. The van der Waals surface area contributed by atoms with Crippen molar-refractivity contribution >= 4 is 38.6 Å². The van der Waals surface area contributed by atoms with Crippen LogP contribution in [0, 0.1) is 6.92 Å². The second-order valence-electron chi connectivity index (χ2n) is 4.35. The number of hydrogen-bond acceptors (Lipinski definition) is 3. The molecular formula is C14H16ClNO2S2. The molecule has 0 aliphatic rings. The minimum absolute atomic E-state index is 0.206. The maximum Gasteiger partial charge on any atom is 0.265 e. The summed E-state index contributed by atoms with van der Waals surface area (Å²) in [5.74, 6) is 0.206. The fourth-order valence-electron chi connectivity index (χ4n) is 1.98. The van der Waals surface area contributed by atoms with Gasteiger partial charge in [0.15, 0.2) is 0 Å². The fourth-order valence-corrected chi connectivity index (χ4v) is 5.13. The van der Waals surface area contributed by atoms with E-state index in [0.717, 1.165) is 5.56 Å². The number of aryl methyl sites for hydroxylation is 1. The lowest BCUT2D eigenvalue weighted by Crippen LogP contribution is -2.31. The molecule has 0 saturated carbocycles. The van der Waals surface area contributed by atoms with Crippen molar-refractivity contribution in [3.63, 3.8) is 0 Å². The summed E-state index contributed by atoms with van der Waals surface area (Å²) in [7, 11) is -3.56. The molecule has 108 valence electrons. The third-order valence-electron chi connectivity index (χ3n) is 3.00. The van der Waals surface area contributed by atoms with Crippen LogP contribution < -0.4 is 4.31 Å². The van der Waals surface area contributed by atoms with E-state index in [1.807, 2.05) is 38.1 Å². The van der Waals surface area contributed by atoms with Crippen LogP contribution in [0.1, 0.15) is 17.4 Å². The van der Waals surface area contributed by atoms with Crippen molar-refractivity contribution in [2.75, 3.05) is 10.8 Å². The SMILES string of the molecule is CCN(c1ccc(C)cc1)S(=O)(=O)c1ccsc1CCl. The summed E-state index contributed by atoms with van der Waals surface area (Å²) in [5, 5.41) is 1.76. The Morgan fingerprint density at radius 2 is 1.85 bits per heavy atom. The summed E-state index contributed by atoms with van der Waals surface area (Å²) < 4.78 is 26.9. The second kappa shape index (κ2) is 6.16. The molecule has 0 N–H and O–H groups in total. The molecule has 0 aliphatic heterocycles. The van der Waals surface area contributed by atoms with E-state index in [1.54, 1.807) is 11.4 Å². The summed E-state index contributed by atoms with van der Waals surface area (Å²) in [6.07, 6.45) is 0. The Kier molecular flexibility index (Phi) is 4.73. The summed E-state index contributed by atoms with van der Waals surface area (Å²) in [5.41, 5.74) is 1.77. The van der Waals surface area contributed by atoms with Gasteiger partial charge >= 0.3 is 0 Å². The Morgan fingerprint density at radius 1 is 1.20 bits per heavy atom. The van der Waals surface area contributed by atoms with Gasteiger partial charge in [-0.1, -0.05) is 17.7 Å². The highest BCUT2D eigenvalue weighted by atomic mass is 35.5. The number of rotatable bonds is 5. The first-order valence-electron chi connectivity index (χ1n) is 6.22. The maximum atomic E-state index is 12.8. The average Bonchev–Trinajstić information content (AvgIpc) is 2.90. The molecule has 0 saturated heterocycles. The van der Waals surface area contributed by atoms with Crippen molar-refractivity contribution in [3.05, 3.63) is 46.2 Å². The van der Waals surface area contributed by atoms with Gasteiger partial charge in [0.1, 0.15) is 4.90 Å². The molecule has 0 spiro atoms. The zero-order valence-corrected chi connectivity index (χ0v) is 13.7. The molecular weight excluding hydrogens is 314 g/mol. The van der Waals surface area contributed by atoms with Crippen LogP contribution in [0.4, 0.5) is 5.69 Å². The number of benzene rings is 1. The standard InChI is InChI=1S/C14H16ClNO2S2/c1-3-16(12-6-4-11(2)5-7-12)20(17,18)14-8-9-19-13(14)10-15/h4-9H,3,10H2,1-2H3. The smallest absolute Gasteiger partial charge is 0.265 e. The minimum Gasteiger partial charge on any atom is -0.267 e. The predicted octanol–water partition coefficient (Wildman–Crippen LogP) is 4.01. The summed E-state index contributed by atoms with van der Waals surface area (Å²) in [4.78, 5) is 0.983. The Hall–Kier alpha value is -1.04. The number of halogens is 1. The average molecular weight is 330 g/mol. The second-order valence-corrected chi connectivity index (χ2v) is 7.45. The minimum atomic E-state index is -3.56. The van der Waals surface area contributed by atoms with E-state index >= 15 is 0 Å². The number of thiophene rings is 1. The Morgan fingerprint density at radius 3 is 2.40 bits per heavy atom. The zero-order chi connectivity index (χ0) is 14.8. The van der Waals surface area contributed by atoms with Crippen LogP contribution >= 0.6 is 22.9 Å². The maximum absolute atomic E-state index is 12.8. The first kappa shape index (κ1) is 15.4. The number of nitrogens with zero attached hydrogens (tertiary/aromatic N) is 1. The lowest BCUT2D eigenvalue weighted by molar-refractivity contribution is 0.591. The molecule has 2 aromatic rings. The van der Waals surface area contributed by atoms with Crippen molar-refractivity contribution < 1.29 is 8.42 Å². The van der Waals surface area contributed by atoms with Gasteiger partial charge < -0.3 is 0 Å². The van der Waals surface area contributed by atoms with Crippen molar-refractivity contribution in [2.45, 2.75) is 24.6 Å². The highest BCUT2D eigenvalue weighted by Crippen LogP contribution is 2.29. The van der Waals surface area contributed by atoms with Crippen LogP contribution in [0.5, 0.6) is 0 Å². The van der Waals surface area contributed by atoms with Gasteiger partial charge in [-0.2, -0.15) is 0 Å². The molecule has 0 atom stereocenters. The van der Waals surface area contributed by atoms with Gasteiger partial charge in [0.05, 0.1) is 11.6 Å². The predicted molar refractivity (Wildman–Crippen MR) is 85.3 cm³/mol. The van der Waals surface area contributed by atoms with Crippen LogP contribution in [-0.2, 0) is 15.9 Å². The molecule has 0 fully saturated rings. The van der Waals surface area contributed by atoms with Crippen molar-refractivity contribution in [1.29, 1.82) is 0 Å². The van der Waals surface area contributed by atoms with Gasteiger partial charge in [0.2, 0.25) is 0 Å². The van der Waals surface area contributed by atoms with E-state index in [2.05, 4.69) is 0 Å². The number of hydrogen-bond donors (Lipinski definition) is 0. The van der Waals surface area contributed by atoms with Crippen LogP contribution in [0.15, 0.2) is 40.6 Å². The third-order valence-corrected chi connectivity index (χ3v) is 6.47. The van der Waals surface area contributed by atoms with E-state index in [0.29, 0.717) is 22.0 Å². The lowest BCUT2D eigenvalue weighted by atomic mass is 10.2. The molecule has 0 amide bonds. The van der Waals surface area contributed by atoms with Gasteiger partial charge in [-0.15, -0.1) is 22.9 Å². The van der Waals surface area contributed by atoms with Gasteiger partial charge in [-0.25, -0.2) is 8.42 Å². The molecule has 3 nitrogen and oxygen atoms in total.